The lowest BCUT2D eigenvalue weighted by molar-refractivity contribution is -0.133. The number of hydrogen-bond acceptors (Lipinski definition) is 3. The molecule has 0 saturated carbocycles. The minimum absolute atomic E-state index is 0.243. The zero-order chi connectivity index (χ0) is 16.8. The van der Waals surface area contributed by atoms with Gasteiger partial charge in [0.1, 0.15) is 5.75 Å². The fraction of sp³-hybridized carbons (Fsp3) is 0.611. The Balaban J connectivity index is 1.72. The molecule has 0 aliphatic carbocycles. The van der Waals surface area contributed by atoms with E-state index in [-0.39, 0.29) is 5.91 Å². The van der Waals surface area contributed by atoms with Crippen LogP contribution in [0.5, 0.6) is 5.75 Å². The van der Waals surface area contributed by atoms with Gasteiger partial charge in [-0.15, -0.1) is 0 Å². The third-order valence-corrected chi connectivity index (χ3v) is 4.64. The summed E-state index contributed by atoms with van der Waals surface area (Å²) in [6.07, 6.45) is 3.56. The van der Waals surface area contributed by atoms with Crippen molar-refractivity contribution >= 4 is 17.5 Å². The topological polar surface area (TPSA) is 32.8 Å². The van der Waals surface area contributed by atoms with Crippen LogP contribution < -0.4 is 4.74 Å². The average Bonchev–Trinajstić information content (AvgIpc) is 2.53. The number of carbonyl (C=O) groups excluding carboxylic acids is 1. The maximum atomic E-state index is 12.3. The molecule has 1 amide bonds. The summed E-state index contributed by atoms with van der Waals surface area (Å²) in [5.74, 6) is 1.08. The molecule has 0 radical (unpaired) electrons. The lowest BCUT2D eigenvalue weighted by atomic mass is 10.0. The fourth-order valence-electron chi connectivity index (χ4n) is 2.94. The van der Waals surface area contributed by atoms with Crippen molar-refractivity contribution in [3.05, 3.63) is 28.8 Å². The van der Waals surface area contributed by atoms with Crippen LogP contribution in [0.25, 0.3) is 0 Å². The van der Waals surface area contributed by atoms with Crippen LogP contribution in [0.3, 0.4) is 0 Å². The molecule has 5 heteroatoms. The number of halogens is 1. The first-order valence-corrected chi connectivity index (χ1v) is 8.68. The molecule has 0 N–H and O–H groups in total. The van der Waals surface area contributed by atoms with Crippen LogP contribution in [-0.4, -0.2) is 55.5 Å². The highest BCUT2D eigenvalue weighted by Crippen LogP contribution is 2.22. The van der Waals surface area contributed by atoms with Gasteiger partial charge in [0.25, 0.3) is 0 Å². The number of nitrogens with zero attached hydrogens (tertiary/aromatic N) is 2. The predicted molar refractivity (Wildman–Crippen MR) is 94.2 cm³/mol. The summed E-state index contributed by atoms with van der Waals surface area (Å²) in [5.41, 5.74) is 1.02. The van der Waals surface area contributed by atoms with Crippen molar-refractivity contribution in [3.8, 4) is 5.75 Å². The second-order valence-electron chi connectivity index (χ2n) is 6.46. The Labute approximate surface area is 144 Å². The first-order chi connectivity index (χ1) is 11.0. The molecule has 128 valence electrons. The number of hydrogen-bond donors (Lipinski definition) is 0. The van der Waals surface area contributed by atoms with Gasteiger partial charge in [-0.3, -0.25) is 4.79 Å². The summed E-state index contributed by atoms with van der Waals surface area (Å²) < 4.78 is 5.75. The first kappa shape index (κ1) is 18.1. The normalized spacial score (nSPS) is 18.3. The molecule has 0 bridgehead atoms. The molecule has 1 heterocycles. The summed E-state index contributed by atoms with van der Waals surface area (Å²) in [4.78, 5) is 16.5. The average molecular weight is 339 g/mol. The Hall–Kier alpha value is -1.26. The van der Waals surface area contributed by atoms with Gasteiger partial charge in [0.2, 0.25) is 5.91 Å². The highest BCUT2D eigenvalue weighted by molar-refractivity contribution is 6.30. The highest BCUT2D eigenvalue weighted by Gasteiger charge is 2.24. The van der Waals surface area contributed by atoms with E-state index in [1.807, 2.05) is 30.0 Å². The highest BCUT2D eigenvalue weighted by atomic mass is 35.5. The van der Waals surface area contributed by atoms with Crippen molar-refractivity contribution in [2.75, 3.05) is 33.8 Å². The molecule has 1 fully saturated rings. The molecule has 23 heavy (non-hydrogen) atoms. The van der Waals surface area contributed by atoms with Crippen molar-refractivity contribution in [1.29, 1.82) is 0 Å². The molecular formula is C18H27ClN2O2. The molecular weight excluding hydrogens is 312 g/mol. The Kier molecular flexibility index (Phi) is 6.72. The van der Waals surface area contributed by atoms with Crippen molar-refractivity contribution in [2.45, 2.75) is 38.6 Å². The number of aryl methyl sites for hydroxylation is 1. The number of carbonyl (C=O) groups is 1. The van der Waals surface area contributed by atoms with Gasteiger partial charge >= 0.3 is 0 Å². The molecule has 1 aromatic rings. The van der Waals surface area contributed by atoms with E-state index in [0.29, 0.717) is 24.1 Å². The van der Waals surface area contributed by atoms with Crippen molar-refractivity contribution in [3.63, 3.8) is 0 Å². The standard InChI is InChI=1S/C18H27ClN2O2/c1-14-12-15(19)8-9-17(14)23-11-5-7-18(22)21-10-4-6-16(13-21)20(2)3/h8-9,12,16H,4-7,10-11,13H2,1-3H3. The lowest BCUT2D eigenvalue weighted by Crippen LogP contribution is -2.47. The number of benzene rings is 1. The lowest BCUT2D eigenvalue weighted by Gasteiger charge is -2.36. The molecule has 1 atom stereocenters. The van der Waals surface area contributed by atoms with Crippen LogP contribution in [0.15, 0.2) is 18.2 Å². The van der Waals surface area contributed by atoms with E-state index >= 15 is 0 Å². The summed E-state index contributed by atoms with van der Waals surface area (Å²) in [5, 5.41) is 0.713. The van der Waals surface area contributed by atoms with Crippen molar-refractivity contribution < 1.29 is 9.53 Å². The van der Waals surface area contributed by atoms with Gasteiger partial charge < -0.3 is 14.5 Å². The van der Waals surface area contributed by atoms with E-state index in [2.05, 4.69) is 19.0 Å². The number of amides is 1. The van der Waals surface area contributed by atoms with Gasteiger partial charge in [-0.25, -0.2) is 0 Å². The molecule has 1 aromatic carbocycles. The smallest absolute Gasteiger partial charge is 0.222 e. The zero-order valence-electron chi connectivity index (χ0n) is 14.3. The predicted octanol–water partition coefficient (Wildman–Crippen LogP) is 3.36. The van der Waals surface area contributed by atoms with Crippen LogP contribution in [0.2, 0.25) is 5.02 Å². The summed E-state index contributed by atoms with van der Waals surface area (Å²) in [7, 11) is 4.17. The number of rotatable bonds is 6. The summed E-state index contributed by atoms with van der Waals surface area (Å²) >= 11 is 5.93. The van der Waals surface area contributed by atoms with E-state index in [4.69, 9.17) is 16.3 Å². The summed E-state index contributed by atoms with van der Waals surface area (Å²) in [6.45, 7) is 4.27. The largest absolute Gasteiger partial charge is 0.493 e. The van der Waals surface area contributed by atoms with Gasteiger partial charge in [-0.2, -0.15) is 0 Å². The second kappa shape index (κ2) is 8.55. The molecule has 1 aliphatic rings. The van der Waals surface area contributed by atoms with Gasteiger partial charge in [0.05, 0.1) is 6.61 Å². The number of likely N-dealkylation sites (tertiary alicyclic amines) is 1. The van der Waals surface area contributed by atoms with Gasteiger partial charge in [-0.05, 0) is 64.0 Å². The first-order valence-electron chi connectivity index (χ1n) is 8.30. The van der Waals surface area contributed by atoms with Crippen LogP contribution in [0.1, 0.15) is 31.2 Å². The van der Waals surface area contributed by atoms with E-state index in [1.165, 1.54) is 6.42 Å². The number of piperidine rings is 1. The fourth-order valence-corrected chi connectivity index (χ4v) is 3.17. The number of likely N-dealkylation sites (N-methyl/N-ethyl adjacent to an activating group) is 1. The van der Waals surface area contributed by atoms with E-state index < -0.39 is 0 Å². The second-order valence-corrected chi connectivity index (χ2v) is 6.90. The minimum atomic E-state index is 0.243. The Morgan fingerprint density at radius 2 is 2.22 bits per heavy atom. The van der Waals surface area contributed by atoms with Gasteiger partial charge in [0.15, 0.2) is 0 Å². The molecule has 1 aliphatic heterocycles. The van der Waals surface area contributed by atoms with Crippen molar-refractivity contribution in [1.82, 2.24) is 9.80 Å². The van der Waals surface area contributed by atoms with E-state index in [1.54, 1.807) is 0 Å². The van der Waals surface area contributed by atoms with Crippen LogP contribution >= 0.6 is 11.6 Å². The quantitative estimate of drug-likeness (QED) is 0.746. The monoisotopic (exact) mass is 338 g/mol. The van der Waals surface area contributed by atoms with Crippen LogP contribution in [0.4, 0.5) is 0 Å². The maximum Gasteiger partial charge on any atom is 0.222 e. The van der Waals surface area contributed by atoms with E-state index in [9.17, 15) is 4.79 Å². The molecule has 2 rings (SSSR count). The van der Waals surface area contributed by atoms with E-state index in [0.717, 1.165) is 37.2 Å². The van der Waals surface area contributed by atoms with Gasteiger partial charge in [-0.1, -0.05) is 11.6 Å². The number of ether oxygens (including phenoxy) is 1. The summed E-state index contributed by atoms with van der Waals surface area (Å²) in [6, 6.07) is 6.08. The third-order valence-electron chi connectivity index (χ3n) is 4.41. The molecule has 1 unspecified atom stereocenters. The maximum absolute atomic E-state index is 12.3. The molecule has 1 saturated heterocycles. The third kappa shape index (κ3) is 5.40. The Morgan fingerprint density at radius 1 is 1.43 bits per heavy atom. The minimum Gasteiger partial charge on any atom is -0.493 e. The van der Waals surface area contributed by atoms with Crippen LogP contribution in [-0.2, 0) is 4.79 Å². The molecule has 0 aromatic heterocycles. The zero-order valence-corrected chi connectivity index (χ0v) is 15.1. The Morgan fingerprint density at radius 3 is 2.91 bits per heavy atom. The SMILES string of the molecule is Cc1cc(Cl)ccc1OCCCC(=O)N1CCCC(N(C)C)C1. The van der Waals surface area contributed by atoms with Crippen LogP contribution in [0, 0.1) is 6.92 Å². The Bertz CT molecular complexity index is 534. The molecule has 4 nitrogen and oxygen atoms in total. The van der Waals surface area contributed by atoms with Gasteiger partial charge in [0, 0.05) is 30.6 Å². The van der Waals surface area contributed by atoms with Crippen molar-refractivity contribution in [2.24, 2.45) is 0 Å². The molecule has 0 spiro atoms.